The molecule has 0 bridgehead atoms. The number of aromatic nitrogens is 2. The number of nitrogens with zero attached hydrogens (tertiary/aromatic N) is 2. The number of hydrogen-bond acceptors (Lipinski definition) is 3. The van der Waals surface area contributed by atoms with E-state index in [1.165, 1.54) is 0 Å². The lowest BCUT2D eigenvalue weighted by molar-refractivity contribution is -0.118. The van der Waals surface area contributed by atoms with E-state index in [1.807, 2.05) is 69.3 Å². The standard InChI is InChI=1S/C22H23BrN4O2/c1-14(2)21(28)26-18-6-4-5-16(11-18)12-24-22(29)20-13-25-27(15(20)3)19-9-7-17(23)8-10-19/h4-11,13-14H,12H2,1-3H3,(H,24,29)(H,26,28). The maximum absolute atomic E-state index is 12.6. The highest BCUT2D eigenvalue weighted by atomic mass is 79.9. The van der Waals surface area contributed by atoms with Gasteiger partial charge in [-0.2, -0.15) is 5.10 Å². The Hall–Kier alpha value is -2.93. The fourth-order valence-electron chi connectivity index (χ4n) is 2.80. The lowest BCUT2D eigenvalue weighted by Crippen LogP contribution is -2.23. The number of rotatable bonds is 6. The van der Waals surface area contributed by atoms with Crippen molar-refractivity contribution in [1.29, 1.82) is 0 Å². The summed E-state index contributed by atoms with van der Waals surface area (Å²) in [5, 5.41) is 10.1. The van der Waals surface area contributed by atoms with E-state index >= 15 is 0 Å². The first-order chi connectivity index (χ1) is 13.8. The van der Waals surface area contributed by atoms with Crippen LogP contribution >= 0.6 is 15.9 Å². The lowest BCUT2D eigenvalue weighted by atomic mass is 10.1. The van der Waals surface area contributed by atoms with Crippen molar-refractivity contribution in [1.82, 2.24) is 15.1 Å². The Balaban J connectivity index is 1.67. The zero-order valence-electron chi connectivity index (χ0n) is 16.6. The molecule has 0 unspecified atom stereocenters. The van der Waals surface area contributed by atoms with Crippen LogP contribution in [0.15, 0.2) is 59.2 Å². The molecule has 0 aliphatic rings. The van der Waals surface area contributed by atoms with Gasteiger partial charge in [0.05, 0.1) is 23.1 Å². The molecule has 0 aliphatic heterocycles. The van der Waals surface area contributed by atoms with Gasteiger partial charge in [-0.25, -0.2) is 4.68 Å². The van der Waals surface area contributed by atoms with Gasteiger partial charge in [-0.1, -0.05) is 41.9 Å². The second-order valence-electron chi connectivity index (χ2n) is 7.06. The van der Waals surface area contributed by atoms with Crippen molar-refractivity contribution in [2.45, 2.75) is 27.3 Å². The maximum atomic E-state index is 12.6. The molecule has 0 saturated carbocycles. The number of benzene rings is 2. The molecule has 0 saturated heterocycles. The van der Waals surface area contributed by atoms with Crippen LogP contribution in [0.4, 0.5) is 5.69 Å². The molecule has 2 amide bonds. The van der Waals surface area contributed by atoms with Crippen LogP contribution in [-0.4, -0.2) is 21.6 Å². The topological polar surface area (TPSA) is 76.0 Å². The Morgan fingerprint density at radius 2 is 1.86 bits per heavy atom. The molecular formula is C22H23BrN4O2. The van der Waals surface area contributed by atoms with E-state index in [1.54, 1.807) is 10.9 Å². The van der Waals surface area contributed by atoms with Gasteiger partial charge in [0.15, 0.2) is 0 Å². The number of carbonyl (C=O) groups excluding carboxylic acids is 2. The monoisotopic (exact) mass is 454 g/mol. The molecule has 0 aliphatic carbocycles. The van der Waals surface area contributed by atoms with E-state index in [-0.39, 0.29) is 17.7 Å². The molecule has 3 rings (SSSR count). The fraction of sp³-hybridized carbons (Fsp3) is 0.227. The van der Waals surface area contributed by atoms with E-state index in [2.05, 4.69) is 31.7 Å². The average Bonchev–Trinajstić information content (AvgIpc) is 3.08. The summed E-state index contributed by atoms with van der Waals surface area (Å²) >= 11 is 3.42. The van der Waals surface area contributed by atoms with E-state index in [0.29, 0.717) is 12.1 Å². The summed E-state index contributed by atoms with van der Waals surface area (Å²) < 4.78 is 2.72. The number of carbonyl (C=O) groups is 2. The molecule has 0 fully saturated rings. The SMILES string of the molecule is Cc1c(C(=O)NCc2cccc(NC(=O)C(C)C)c2)cnn1-c1ccc(Br)cc1. The molecule has 2 N–H and O–H groups in total. The molecule has 0 spiro atoms. The van der Waals surface area contributed by atoms with Gasteiger partial charge >= 0.3 is 0 Å². The van der Waals surface area contributed by atoms with Crippen molar-refractivity contribution in [2.24, 2.45) is 5.92 Å². The molecule has 150 valence electrons. The summed E-state index contributed by atoms with van der Waals surface area (Å²) in [5.74, 6) is -0.326. The predicted octanol–water partition coefficient (Wildman–Crippen LogP) is 4.47. The number of hydrogen-bond donors (Lipinski definition) is 2. The van der Waals surface area contributed by atoms with Crippen LogP contribution in [0.3, 0.4) is 0 Å². The molecule has 1 heterocycles. The van der Waals surface area contributed by atoms with Crippen LogP contribution in [0, 0.1) is 12.8 Å². The van der Waals surface area contributed by atoms with Gasteiger partial charge in [0.25, 0.3) is 5.91 Å². The van der Waals surface area contributed by atoms with Crippen LogP contribution in [0.1, 0.15) is 35.5 Å². The van der Waals surface area contributed by atoms with Gasteiger partial charge in [0.2, 0.25) is 5.91 Å². The molecule has 7 heteroatoms. The van der Waals surface area contributed by atoms with Gasteiger partial charge in [-0.15, -0.1) is 0 Å². The fourth-order valence-corrected chi connectivity index (χ4v) is 3.06. The number of halogens is 1. The first kappa shape index (κ1) is 20.8. The minimum Gasteiger partial charge on any atom is -0.348 e. The van der Waals surface area contributed by atoms with Crippen molar-refractivity contribution in [3.05, 3.63) is 76.0 Å². The zero-order chi connectivity index (χ0) is 21.0. The van der Waals surface area contributed by atoms with Crippen molar-refractivity contribution in [3.8, 4) is 5.69 Å². The highest BCUT2D eigenvalue weighted by molar-refractivity contribution is 9.10. The second-order valence-corrected chi connectivity index (χ2v) is 7.97. The van der Waals surface area contributed by atoms with Crippen LogP contribution in [0.25, 0.3) is 5.69 Å². The number of nitrogens with one attached hydrogen (secondary N) is 2. The second kappa shape index (κ2) is 9.05. The van der Waals surface area contributed by atoms with E-state index in [4.69, 9.17) is 0 Å². The molecular weight excluding hydrogens is 432 g/mol. The third-order valence-electron chi connectivity index (χ3n) is 4.50. The quantitative estimate of drug-likeness (QED) is 0.576. The summed E-state index contributed by atoms with van der Waals surface area (Å²) in [7, 11) is 0. The highest BCUT2D eigenvalue weighted by Gasteiger charge is 2.15. The average molecular weight is 455 g/mol. The smallest absolute Gasteiger partial charge is 0.255 e. The minimum atomic E-state index is -0.192. The van der Waals surface area contributed by atoms with Crippen LogP contribution < -0.4 is 10.6 Å². The normalized spacial score (nSPS) is 10.8. The van der Waals surface area contributed by atoms with Crippen LogP contribution in [0.2, 0.25) is 0 Å². The Morgan fingerprint density at radius 3 is 2.55 bits per heavy atom. The zero-order valence-corrected chi connectivity index (χ0v) is 18.2. The molecule has 2 aromatic carbocycles. The maximum Gasteiger partial charge on any atom is 0.255 e. The molecule has 3 aromatic rings. The van der Waals surface area contributed by atoms with E-state index in [9.17, 15) is 9.59 Å². The Kier molecular flexibility index (Phi) is 6.49. The van der Waals surface area contributed by atoms with Crippen LogP contribution in [-0.2, 0) is 11.3 Å². The number of amides is 2. The van der Waals surface area contributed by atoms with Gasteiger partial charge in [0, 0.05) is 22.6 Å². The third kappa shape index (κ3) is 5.12. The Bertz CT molecular complexity index is 1030. The van der Waals surface area contributed by atoms with E-state index < -0.39 is 0 Å². The Morgan fingerprint density at radius 1 is 1.14 bits per heavy atom. The predicted molar refractivity (Wildman–Crippen MR) is 117 cm³/mol. The van der Waals surface area contributed by atoms with Gasteiger partial charge in [0.1, 0.15) is 0 Å². The van der Waals surface area contributed by atoms with Crippen molar-refractivity contribution >= 4 is 33.4 Å². The highest BCUT2D eigenvalue weighted by Crippen LogP contribution is 2.18. The van der Waals surface area contributed by atoms with Gasteiger partial charge in [-0.05, 0) is 48.9 Å². The Labute approximate surface area is 178 Å². The molecule has 0 radical (unpaired) electrons. The summed E-state index contributed by atoms with van der Waals surface area (Å²) in [6, 6.07) is 15.2. The largest absolute Gasteiger partial charge is 0.348 e. The summed E-state index contributed by atoms with van der Waals surface area (Å²) in [5.41, 5.74) is 3.80. The summed E-state index contributed by atoms with van der Waals surface area (Å²) in [4.78, 5) is 24.5. The molecule has 1 aromatic heterocycles. The number of anilines is 1. The van der Waals surface area contributed by atoms with Gasteiger partial charge < -0.3 is 10.6 Å². The minimum absolute atomic E-state index is 0.0397. The van der Waals surface area contributed by atoms with Gasteiger partial charge in [-0.3, -0.25) is 9.59 Å². The summed E-state index contributed by atoms with van der Waals surface area (Å²) in [6.07, 6.45) is 1.58. The molecule has 0 atom stereocenters. The van der Waals surface area contributed by atoms with Crippen molar-refractivity contribution in [2.75, 3.05) is 5.32 Å². The lowest BCUT2D eigenvalue weighted by Gasteiger charge is -2.10. The molecule has 29 heavy (non-hydrogen) atoms. The van der Waals surface area contributed by atoms with Crippen LogP contribution in [0.5, 0.6) is 0 Å². The first-order valence-electron chi connectivity index (χ1n) is 9.33. The first-order valence-corrected chi connectivity index (χ1v) is 10.1. The summed E-state index contributed by atoms with van der Waals surface area (Å²) in [6.45, 7) is 5.91. The van der Waals surface area contributed by atoms with E-state index in [0.717, 1.165) is 27.1 Å². The van der Waals surface area contributed by atoms with Crippen molar-refractivity contribution < 1.29 is 9.59 Å². The van der Waals surface area contributed by atoms with Crippen molar-refractivity contribution in [3.63, 3.8) is 0 Å². The third-order valence-corrected chi connectivity index (χ3v) is 5.03. The molecule has 6 nitrogen and oxygen atoms in total.